The van der Waals surface area contributed by atoms with Crippen LogP contribution in [-0.2, 0) is 25.7 Å². The van der Waals surface area contributed by atoms with Crippen LogP contribution < -0.4 is 9.47 Å². The van der Waals surface area contributed by atoms with Crippen molar-refractivity contribution in [1.29, 1.82) is 0 Å². The molecular formula is C26H26N2O6S. The molecule has 0 bridgehead atoms. The number of carbonyl (C=O) groups is 3. The Balaban J connectivity index is 1.75. The fraction of sp³-hybridized carbons (Fsp3) is 0.308. The van der Waals surface area contributed by atoms with Gasteiger partial charge in [-0.1, -0.05) is 48.2 Å². The number of hydrogen-bond acceptors (Lipinski definition) is 8. The monoisotopic (exact) mass is 494 g/mol. The van der Waals surface area contributed by atoms with Crippen LogP contribution in [0.3, 0.4) is 0 Å². The van der Waals surface area contributed by atoms with Gasteiger partial charge in [0.2, 0.25) is 5.91 Å². The third-order valence-corrected chi connectivity index (χ3v) is 6.58. The van der Waals surface area contributed by atoms with Gasteiger partial charge in [-0.05, 0) is 44.0 Å². The summed E-state index contributed by atoms with van der Waals surface area (Å²) in [6, 6.07) is 13.6. The van der Waals surface area contributed by atoms with E-state index in [1.54, 1.807) is 25.1 Å². The first-order chi connectivity index (χ1) is 16.8. The van der Waals surface area contributed by atoms with Crippen LogP contribution in [0.15, 0.2) is 64.8 Å². The predicted molar refractivity (Wildman–Crippen MR) is 132 cm³/mol. The molecule has 182 valence electrons. The third-order valence-electron chi connectivity index (χ3n) is 5.53. The van der Waals surface area contributed by atoms with E-state index in [0.29, 0.717) is 28.8 Å². The molecule has 2 atom stereocenters. The molecule has 0 aromatic heterocycles. The SMILES string of the molecule is CCOc1cc([C@H]2C(C(=O)OCc3ccccc3)=C(C)N=C3S[C@H](C)C(=O)N32)ccc1OC(C)=O. The quantitative estimate of drug-likeness (QED) is 0.416. The zero-order chi connectivity index (χ0) is 25.1. The first-order valence-electron chi connectivity index (χ1n) is 11.3. The van der Waals surface area contributed by atoms with Gasteiger partial charge in [0, 0.05) is 6.92 Å². The van der Waals surface area contributed by atoms with Crippen LogP contribution in [0.4, 0.5) is 0 Å². The number of rotatable bonds is 7. The second kappa shape index (κ2) is 10.4. The van der Waals surface area contributed by atoms with Crippen molar-refractivity contribution >= 4 is 34.8 Å². The molecule has 2 aromatic rings. The number of benzene rings is 2. The molecule has 35 heavy (non-hydrogen) atoms. The van der Waals surface area contributed by atoms with Crippen molar-refractivity contribution < 1.29 is 28.6 Å². The average Bonchev–Trinajstić information content (AvgIpc) is 3.11. The zero-order valence-corrected chi connectivity index (χ0v) is 20.8. The predicted octanol–water partition coefficient (Wildman–Crippen LogP) is 4.40. The molecule has 4 rings (SSSR count). The van der Waals surface area contributed by atoms with Gasteiger partial charge in [-0.2, -0.15) is 0 Å². The van der Waals surface area contributed by atoms with E-state index in [-0.39, 0.29) is 29.1 Å². The maximum atomic E-state index is 13.4. The highest BCUT2D eigenvalue weighted by molar-refractivity contribution is 8.15. The minimum Gasteiger partial charge on any atom is -0.490 e. The zero-order valence-electron chi connectivity index (χ0n) is 19.9. The summed E-state index contributed by atoms with van der Waals surface area (Å²) in [5, 5.41) is 0.196. The Labute approximate surface area is 207 Å². The van der Waals surface area contributed by atoms with E-state index in [1.807, 2.05) is 44.2 Å². The fourth-order valence-electron chi connectivity index (χ4n) is 3.98. The molecule has 0 N–H and O–H groups in total. The molecule has 8 nitrogen and oxygen atoms in total. The summed E-state index contributed by atoms with van der Waals surface area (Å²) in [6.07, 6.45) is 0. The molecule has 2 aliphatic rings. The minimum absolute atomic E-state index is 0.0917. The van der Waals surface area contributed by atoms with Crippen molar-refractivity contribution in [1.82, 2.24) is 4.90 Å². The molecular weight excluding hydrogens is 468 g/mol. The Morgan fingerprint density at radius 2 is 1.86 bits per heavy atom. The van der Waals surface area contributed by atoms with Crippen LogP contribution in [0.25, 0.3) is 0 Å². The number of allylic oxidation sites excluding steroid dienone is 1. The third kappa shape index (κ3) is 5.09. The summed E-state index contributed by atoms with van der Waals surface area (Å²) in [5.41, 5.74) is 2.22. The number of amides is 1. The van der Waals surface area contributed by atoms with Crippen LogP contribution in [0, 0.1) is 0 Å². The van der Waals surface area contributed by atoms with E-state index in [9.17, 15) is 14.4 Å². The summed E-state index contributed by atoms with van der Waals surface area (Å²) in [4.78, 5) is 44.2. The number of esters is 2. The van der Waals surface area contributed by atoms with Gasteiger partial charge in [0.25, 0.3) is 0 Å². The van der Waals surface area contributed by atoms with Crippen molar-refractivity contribution in [2.24, 2.45) is 4.99 Å². The van der Waals surface area contributed by atoms with Crippen LogP contribution in [-0.4, -0.2) is 39.8 Å². The number of thioether (sulfide) groups is 1. The van der Waals surface area contributed by atoms with Gasteiger partial charge in [0.15, 0.2) is 16.7 Å². The molecule has 0 unspecified atom stereocenters. The summed E-state index contributed by atoms with van der Waals surface area (Å²) in [7, 11) is 0. The normalized spacial score (nSPS) is 19.3. The smallest absolute Gasteiger partial charge is 0.338 e. The highest BCUT2D eigenvalue weighted by atomic mass is 32.2. The van der Waals surface area contributed by atoms with Crippen LogP contribution in [0.2, 0.25) is 0 Å². The maximum Gasteiger partial charge on any atom is 0.338 e. The molecule has 2 aromatic carbocycles. The number of fused-ring (bicyclic) bond motifs is 1. The lowest BCUT2D eigenvalue weighted by atomic mass is 9.94. The average molecular weight is 495 g/mol. The second-order valence-corrected chi connectivity index (χ2v) is 9.37. The van der Waals surface area contributed by atoms with Crippen LogP contribution in [0.5, 0.6) is 11.5 Å². The van der Waals surface area contributed by atoms with Crippen molar-refractivity contribution in [3.05, 3.63) is 70.9 Å². The van der Waals surface area contributed by atoms with Crippen molar-refractivity contribution in [2.45, 2.75) is 45.6 Å². The molecule has 0 aliphatic carbocycles. The molecule has 9 heteroatoms. The Kier molecular flexibility index (Phi) is 7.25. The lowest BCUT2D eigenvalue weighted by Gasteiger charge is -2.33. The summed E-state index contributed by atoms with van der Waals surface area (Å²) in [6.45, 7) is 7.10. The molecule has 0 saturated carbocycles. The van der Waals surface area contributed by atoms with Gasteiger partial charge in [-0.15, -0.1) is 0 Å². The standard InChI is InChI=1S/C26H26N2O6S/c1-5-32-21-13-19(11-12-20(21)34-17(4)29)23-22(25(31)33-14-18-9-7-6-8-10-18)15(2)27-26-28(23)24(30)16(3)35-26/h6-13,16,23H,5,14H2,1-4H3/t16-,23+/m1/s1. The number of carbonyl (C=O) groups excluding carboxylic acids is 3. The van der Waals surface area contributed by atoms with Crippen molar-refractivity contribution in [3.8, 4) is 11.5 Å². The van der Waals surface area contributed by atoms with E-state index in [4.69, 9.17) is 14.2 Å². The molecule has 0 radical (unpaired) electrons. The second-order valence-electron chi connectivity index (χ2n) is 8.06. The summed E-state index contributed by atoms with van der Waals surface area (Å²) in [5.74, 6) is -0.588. The highest BCUT2D eigenvalue weighted by Crippen LogP contribution is 2.45. The molecule has 1 fully saturated rings. The Bertz CT molecular complexity index is 1220. The number of ether oxygens (including phenoxy) is 3. The molecule has 0 spiro atoms. The number of amidine groups is 1. The number of hydrogen-bond donors (Lipinski definition) is 0. The van der Waals surface area contributed by atoms with Gasteiger partial charge in [0.05, 0.1) is 29.2 Å². The van der Waals surface area contributed by atoms with E-state index >= 15 is 0 Å². The van der Waals surface area contributed by atoms with E-state index in [0.717, 1.165) is 5.56 Å². The first-order valence-corrected chi connectivity index (χ1v) is 12.1. The van der Waals surface area contributed by atoms with Crippen LogP contribution >= 0.6 is 11.8 Å². The Morgan fingerprint density at radius 3 is 2.54 bits per heavy atom. The summed E-state index contributed by atoms with van der Waals surface area (Å²) < 4.78 is 16.6. The summed E-state index contributed by atoms with van der Waals surface area (Å²) >= 11 is 1.35. The maximum absolute atomic E-state index is 13.4. The number of aliphatic imine (C=N–C) groups is 1. The van der Waals surface area contributed by atoms with Gasteiger partial charge in [-0.25, -0.2) is 9.79 Å². The van der Waals surface area contributed by atoms with E-state index in [1.165, 1.54) is 23.6 Å². The Morgan fingerprint density at radius 1 is 1.11 bits per heavy atom. The molecule has 1 saturated heterocycles. The number of nitrogens with zero attached hydrogens (tertiary/aromatic N) is 2. The molecule has 2 heterocycles. The van der Waals surface area contributed by atoms with Gasteiger partial charge in [0.1, 0.15) is 6.61 Å². The van der Waals surface area contributed by atoms with Crippen molar-refractivity contribution in [2.75, 3.05) is 6.61 Å². The first kappa shape index (κ1) is 24.5. The molecule has 1 amide bonds. The highest BCUT2D eigenvalue weighted by Gasteiger charge is 2.46. The lowest BCUT2D eigenvalue weighted by Crippen LogP contribution is -2.40. The topological polar surface area (TPSA) is 94.5 Å². The van der Waals surface area contributed by atoms with Gasteiger partial charge < -0.3 is 14.2 Å². The fourth-order valence-corrected chi connectivity index (χ4v) is 5.01. The van der Waals surface area contributed by atoms with Crippen LogP contribution in [0.1, 0.15) is 44.9 Å². The van der Waals surface area contributed by atoms with Gasteiger partial charge in [-0.3, -0.25) is 14.5 Å². The minimum atomic E-state index is -0.763. The van der Waals surface area contributed by atoms with E-state index in [2.05, 4.69) is 4.99 Å². The molecule has 2 aliphatic heterocycles. The largest absolute Gasteiger partial charge is 0.490 e. The Hall–Kier alpha value is -3.59. The van der Waals surface area contributed by atoms with Crippen molar-refractivity contribution in [3.63, 3.8) is 0 Å². The lowest BCUT2D eigenvalue weighted by molar-refractivity contribution is -0.141. The van der Waals surface area contributed by atoms with E-state index < -0.39 is 18.0 Å². The van der Waals surface area contributed by atoms with Gasteiger partial charge >= 0.3 is 11.9 Å².